The van der Waals surface area contributed by atoms with Gasteiger partial charge in [-0.15, -0.1) is 0 Å². The summed E-state index contributed by atoms with van der Waals surface area (Å²) in [7, 11) is -2.12. The molecule has 0 fully saturated rings. The smallest absolute Gasteiger partial charge is 0.337 e. The Labute approximate surface area is 125 Å². The zero-order valence-corrected chi connectivity index (χ0v) is 13.2. The van der Waals surface area contributed by atoms with E-state index in [1.54, 1.807) is 18.2 Å². The number of sulfonamides is 1. The van der Waals surface area contributed by atoms with Crippen LogP contribution < -0.4 is 10.0 Å². The van der Waals surface area contributed by atoms with Crippen LogP contribution in [0.2, 0.25) is 0 Å². The van der Waals surface area contributed by atoms with Gasteiger partial charge in [0.25, 0.3) is 0 Å². The quantitative estimate of drug-likeness (QED) is 0.522. The van der Waals surface area contributed by atoms with Gasteiger partial charge in [-0.2, -0.15) is 0 Å². The third kappa shape index (κ3) is 6.70. The number of carbonyl (C=O) groups excluding carboxylic acids is 1. The van der Waals surface area contributed by atoms with Crippen LogP contribution in [-0.2, 0) is 20.5 Å². The van der Waals surface area contributed by atoms with Crippen LogP contribution in [0.25, 0.3) is 0 Å². The van der Waals surface area contributed by atoms with Crippen LogP contribution in [0.4, 0.5) is 0 Å². The summed E-state index contributed by atoms with van der Waals surface area (Å²) in [6.45, 7) is 3.85. The Kier molecular flexibility index (Phi) is 7.35. The molecule has 0 bridgehead atoms. The molecule has 118 valence electrons. The van der Waals surface area contributed by atoms with Crippen molar-refractivity contribution in [2.45, 2.75) is 19.1 Å². The summed E-state index contributed by atoms with van der Waals surface area (Å²) in [5.41, 5.74) is 0.890. The van der Waals surface area contributed by atoms with Crippen molar-refractivity contribution in [3.8, 4) is 0 Å². The zero-order valence-electron chi connectivity index (χ0n) is 12.4. The lowest BCUT2D eigenvalue weighted by Crippen LogP contribution is -2.32. The SMILES string of the molecule is CCCNCCNS(=O)(=O)Cc1cccc(C(=O)OC)c1. The number of benzene rings is 1. The highest BCUT2D eigenvalue weighted by Gasteiger charge is 2.13. The third-order valence-corrected chi connectivity index (χ3v) is 4.11. The lowest BCUT2D eigenvalue weighted by atomic mass is 10.1. The zero-order chi connectivity index (χ0) is 15.7. The molecule has 0 aliphatic rings. The van der Waals surface area contributed by atoms with Crippen LogP contribution in [-0.4, -0.2) is 41.1 Å². The van der Waals surface area contributed by atoms with Crippen molar-refractivity contribution < 1.29 is 17.9 Å². The molecule has 0 radical (unpaired) electrons. The lowest BCUT2D eigenvalue weighted by molar-refractivity contribution is 0.0600. The molecule has 6 nitrogen and oxygen atoms in total. The Morgan fingerprint density at radius 2 is 2.00 bits per heavy atom. The number of ether oxygens (including phenoxy) is 1. The lowest BCUT2D eigenvalue weighted by Gasteiger charge is -2.08. The van der Waals surface area contributed by atoms with Crippen LogP contribution in [0, 0.1) is 0 Å². The number of rotatable bonds is 9. The molecule has 0 aliphatic heterocycles. The summed E-state index contributed by atoms with van der Waals surface area (Å²) in [6, 6.07) is 6.42. The highest BCUT2D eigenvalue weighted by molar-refractivity contribution is 7.88. The van der Waals surface area contributed by atoms with Gasteiger partial charge in [0, 0.05) is 13.1 Å². The molecule has 0 spiro atoms. The van der Waals surface area contributed by atoms with E-state index < -0.39 is 16.0 Å². The van der Waals surface area contributed by atoms with Crippen LogP contribution in [0.1, 0.15) is 29.3 Å². The average Bonchev–Trinajstić information content (AvgIpc) is 2.46. The first kappa shape index (κ1) is 17.6. The topological polar surface area (TPSA) is 84.5 Å². The van der Waals surface area contributed by atoms with Gasteiger partial charge in [0.1, 0.15) is 0 Å². The predicted molar refractivity (Wildman–Crippen MR) is 81.6 cm³/mol. The van der Waals surface area contributed by atoms with Gasteiger partial charge in [-0.3, -0.25) is 0 Å². The van der Waals surface area contributed by atoms with Gasteiger partial charge in [0.05, 0.1) is 18.4 Å². The minimum atomic E-state index is -3.41. The Hall–Kier alpha value is -1.44. The summed E-state index contributed by atoms with van der Waals surface area (Å²) in [5, 5.41) is 3.12. The van der Waals surface area contributed by atoms with Gasteiger partial charge >= 0.3 is 5.97 Å². The van der Waals surface area contributed by atoms with Crippen molar-refractivity contribution >= 4 is 16.0 Å². The fourth-order valence-corrected chi connectivity index (χ4v) is 2.91. The maximum Gasteiger partial charge on any atom is 0.337 e. The molecular weight excluding hydrogens is 292 g/mol. The first-order chi connectivity index (χ1) is 9.98. The fraction of sp³-hybridized carbons (Fsp3) is 0.500. The van der Waals surface area contributed by atoms with Crippen molar-refractivity contribution in [3.63, 3.8) is 0 Å². The molecule has 2 N–H and O–H groups in total. The molecule has 0 unspecified atom stereocenters. The number of methoxy groups -OCH3 is 1. The second-order valence-corrected chi connectivity index (χ2v) is 6.40. The summed E-state index contributed by atoms with van der Waals surface area (Å²) in [5.74, 6) is -0.642. The Balaban J connectivity index is 2.56. The number of carbonyl (C=O) groups is 1. The minimum absolute atomic E-state index is 0.161. The monoisotopic (exact) mass is 314 g/mol. The van der Waals surface area contributed by atoms with E-state index in [4.69, 9.17) is 0 Å². The molecule has 1 aromatic rings. The highest BCUT2D eigenvalue weighted by atomic mass is 32.2. The summed E-state index contributed by atoms with van der Waals surface area (Å²) >= 11 is 0. The van der Waals surface area contributed by atoms with Crippen LogP contribution in [0.3, 0.4) is 0 Å². The van der Waals surface area contributed by atoms with Crippen LogP contribution >= 0.6 is 0 Å². The molecular formula is C14H22N2O4S. The maximum atomic E-state index is 11.9. The summed E-state index contributed by atoms with van der Waals surface area (Å²) < 4.78 is 31.0. The molecule has 1 aromatic carbocycles. The van der Waals surface area contributed by atoms with Gasteiger partial charge in [-0.1, -0.05) is 19.1 Å². The normalized spacial score (nSPS) is 11.3. The van der Waals surface area contributed by atoms with E-state index in [2.05, 4.69) is 14.8 Å². The number of hydrogen-bond acceptors (Lipinski definition) is 5. The number of esters is 1. The Morgan fingerprint density at radius 3 is 2.67 bits per heavy atom. The first-order valence-corrected chi connectivity index (χ1v) is 8.49. The van der Waals surface area contributed by atoms with E-state index in [0.29, 0.717) is 24.2 Å². The predicted octanol–water partition coefficient (Wildman–Crippen LogP) is 0.892. The molecule has 0 saturated heterocycles. The molecule has 0 aliphatic carbocycles. The van der Waals surface area contributed by atoms with Crippen molar-refractivity contribution in [2.24, 2.45) is 0 Å². The van der Waals surface area contributed by atoms with Crippen molar-refractivity contribution in [2.75, 3.05) is 26.7 Å². The van der Waals surface area contributed by atoms with Gasteiger partial charge < -0.3 is 10.1 Å². The molecule has 0 atom stereocenters. The van der Waals surface area contributed by atoms with Gasteiger partial charge in [0.15, 0.2) is 0 Å². The number of hydrogen-bond donors (Lipinski definition) is 2. The average molecular weight is 314 g/mol. The fourth-order valence-electron chi connectivity index (χ4n) is 1.77. The molecule has 0 saturated carbocycles. The van der Waals surface area contributed by atoms with E-state index in [1.165, 1.54) is 13.2 Å². The summed E-state index contributed by atoms with van der Waals surface area (Å²) in [6.07, 6.45) is 1.01. The first-order valence-electron chi connectivity index (χ1n) is 6.84. The Bertz CT molecular complexity index is 558. The third-order valence-electron chi connectivity index (χ3n) is 2.76. The van der Waals surface area contributed by atoms with Gasteiger partial charge in [-0.05, 0) is 30.7 Å². The molecule has 7 heteroatoms. The highest BCUT2D eigenvalue weighted by Crippen LogP contribution is 2.09. The maximum absolute atomic E-state index is 11.9. The molecule has 21 heavy (non-hydrogen) atoms. The second kappa shape index (κ2) is 8.76. The van der Waals surface area contributed by atoms with E-state index in [-0.39, 0.29) is 5.75 Å². The largest absolute Gasteiger partial charge is 0.465 e. The minimum Gasteiger partial charge on any atom is -0.465 e. The van der Waals surface area contributed by atoms with Crippen molar-refractivity contribution in [1.29, 1.82) is 0 Å². The van der Waals surface area contributed by atoms with E-state index >= 15 is 0 Å². The number of nitrogens with one attached hydrogen (secondary N) is 2. The molecule has 0 aromatic heterocycles. The molecule has 0 heterocycles. The van der Waals surface area contributed by atoms with Gasteiger partial charge in [0.2, 0.25) is 10.0 Å². The van der Waals surface area contributed by atoms with Gasteiger partial charge in [-0.25, -0.2) is 17.9 Å². The van der Waals surface area contributed by atoms with E-state index in [1.807, 2.05) is 6.92 Å². The second-order valence-electron chi connectivity index (χ2n) is 4.60. The van der Waals surface area contributed by atoms with Crippen molar-refractivity contribution in [1.82, 2.24) is 10.0 Å². The molecule has 1 rings (SSSR count). The summed E-state index contributed by atoms with van der Waals surface area (Å²) in [4.78, 5) is 11.4. The van der Waals surface area contributed by atoms with E-state index in [9.17, 15) is 13.2 Å². The Morgan fingerprint density at radius 1 is 1.24 bits per heavy atom. The standard InChI is InChI=1S/C14H22N2O4S/c1-3-7-15-8-9-16-21(18,19)11-12-5-4-6-13(10-12)14(17)20-2/h4-6,10,15-16H,3,7-9,11H2,1-2H3. The van der Waals surface area contributed by atoms with Crippen molar-refractivity contribution in [3.05, 3.63) is 35.4 Å². The van der Waals surface area contributed by atoms with Crippen LogP contribution in [0.15, 0.2) is 24.3 Å². The van der Waals surface area contributed by atoms with E-state index in [0.717, 1.165) is 13.0 Å². The van der Waals surface area contributed by atoms with Crippen LogP contribution in [0.5, 0.6) is 0 Å². The molecule has 0 amide bonds.